The molecule has 0 N–H and O–H groups in total. The van der Waals surface area contributed by atoms with Gasteiger partial charge >= 0.3 is 7.23 Å². The zero-order valence-corrected chi connectivity index (χ0v) is 11.1. The minimum atomic E-state index is -1.47. The van der Waals surface area contributed by atoms with Crippen molar-refractivity contribution in [3.8, 4) is 0 Å². The van der Waals surface area contributed by atoms with Crippen molar-refractivity contribution >= 4 is 18.6 Å². The van der Waals surface area contributed by atoms with E-state index in [1.807, 2.05) is 6.92 Å². The van der Waals surface area contributed by atoms with Crippen LogP contribution in [0, 0.1) is 0 Å². The van der Waals surface area contributed by atoms with Gasteiger partial charge in [-0.2, -0.15) is 0 Å². The molecule has 0 aromatic heterocycles. The molecule has 0 saturated heterocycles. The molecule has 0 aliphatic heterocycles. The molecule has 3 nitrogen and oxygen atoms in total. The Kier molecular flexibility index (Phi) is 10.2. The quantitative estimate of drug-likeness (QED) is 0.456. The molecule has 0 aliphatic rings. The largest absolute Gasteiger partial charge is 0.585 e. The smallest absolute Gasteiger partial charge is 0.304 e. The highest BCUT2D eigenvalue weighted by Crippen LogP contribution is 2.38. The van der Waals surface area contributed by atoms with Gasteiger partial charge in [0.05, 0.1) is 0 Å². The van der Waals surface area contributed by atoms with Crippen molar-refractivity contribution < 1.29 is 9.09 Å². The fourth-order valence-electron chi connectivity index (χ4n) is 1.11. The Morgan fingerprint density at radius 2 is 1.93 bits per heavy atom. The fourth-order valence-corrected chi connectivity index (χ4v) is 3.18. The normalized spacial score (nSPS) is 12.1. The number of hydrogen-bond donors (Lipinski definition) is 0. The maximum atomic E-state index is 11.1. The summed E-state index contributed by atoms with van der Waals surface area (Å²) in [6.45, 7) is 10.0. The van der Waals surface area contributed by atoms with E-state index in [0.29, 0.717) is 6.61 Å². The molecule has 0 amide bonds. The third-order valence-electron chi connectivity index (χ3n) is 1.94. The first-order valence-electron chi connectivity index (χ1n) is 5.20. The number of nitrogens with zero attached hydrogens (tertiary/aromatic N) is 1. The lowest BCUT2D eigenvalue weighted by atomic mass is 10.4. The lowest BCUT2D eigenvalue weighted by molar-refractivity contribution is 0.305. The molecule has 1 unspecified atom stereocenters. The topological polar surface area (TPSA) is 29.5 Å². The Labute approximate surface area is 92.2 Å². The number of rotatable bonds is 9. The summed E-state index contributed by atoms with van der Waals surface area (Å²) >= 11 is 1.42. The van der Waals surface area contributed by atoms with Gasteiger partial charge in [-0.3, -0.25) is 0 Å². The molecule has 0 heterocycles. The lowest BCUT2D eigenvalue weighted by Crippen LogP contribution is -2.24. The van der Waals surface area contributed by atoms with Crippen LogP contribution in [0.3, 0.4) is 0 Å². The fraction of sp³-hybridized carbons (Fsp3) is 1.00. The molecular formula is C9H21NO2PS+. The summed E-state index contributed by atoms with van der Waals surface area (Å²) in [6, 6.07) is 0. The predicted octanol–water partition coefficient (Wildman–Crippen LogP) is 3.15. The Morgan fingerprint density at radius 3 is 2.43 bits per heavy atom. The maximum absolute atomic E-state index is 11.1. The van der Waals surface area contributed by atoms with Crippen LogP contribution in [0.2, 0.25) is 0 Å². The van der Waals surface area contributed by atoms with Gasteiger partial charge in [0.25, 0.3) is 0 Å². The van der Waals surface area contributed by atoms with Crippen LogP contribution < -0.4 is 0 Å². The summed E-state index contributed by atoms with van der Waals surface area (Å²) in [7, 11) is -1.47. The van der Waals surface area contributed by atoms with Crippen LogP contribution in [-0.4, -0.2) is 36.9 Å². The predicted molar refractivity (Wildman–Crippen MR) is 64.1 cm³/mol. The summed E-state index contributed by atoms with van der Waals surface area (Å²) in [5.74, 6) is 0.922. The molecule has 5 heteroatoms. The summed E-state index contributed by atoms with van der Waals surface area (Å²) in [6.07, 6.45) is 1.08. The lowest BCUT2D eigenvalue weighted by Gasteiger charge is -2.16. The summed E-state index contributed by atoms with van der Waals surface area (Å²) in [5.41, 5.74) is 0. The van der Waals surface area contributed by atoms with E-state index in [4.69, 9.17) is 4.52 Å². The highest BCUT2D eigenvalue weighted by atomic mass is 32.7. The molecule has 0 saturated carbocycles. The van der Waals surface area contributed by atoms with Crippen molar-refractivity contribution in [3.05, 3.63) is 0 Å². The van der Waals surface area contributed by atoms with Crippen molar-refractivity contribution in [2.75, 3.05) is 32.0 Å². The third kappa shape index (κ3) is 7.74. The molecule has 0 aromatic rings. The van der Waals surface area contributed by atoms with Crippen molar-refractivity contribution in [2.24, 2.45) is 0 Å². The average molecular weight is 238 g/mol. The molecule has 0 spiro atoms. The molecule has 1 atom stereocenters. The zero-order valence-electron chi connectivity index (χ0n) is 9.36. The first-order chi connectivity index (χ1) is 6.74. The third-order valence-corrected chi connectivity index (χ3v) is 4.59. The highest BCUT2D eigenvalue weighted by molar-refractivity contribution is 8.50. The highest BCUT2D eigenvalue weighted by Gasteiger charge is 2.17. The standard InChI is InChI=1S/C9H21NO2PS/c1-4-10(5-2)8-7-9-14-13(11)12-6-3/h4-9H2,1-3H3/q+1. The van der Waals surface area contributed by atoms with Crippen LogP contribution in [0.25, 0.3) is 0 Å². The monoisotopic (exact) mass is 238 g/mol. The van der Waals surface area contributed by atoms with Crippen molar-refractivity contribution in [1.29, 1.82) is 0 Å². The van der Waals surface area contributed by atoms with Gasteiger partial charge in [-0.15, -0.1) is 4.52 Å². The van der Waals surface area contributed by atoms with Crippen LogP contribution in [-0.2, 0) is 9.09 Å². The molecule has 84 valence electrons. The molecule has 0 rings (SSSR count). The minimum absolute atomic E-state index is 0.540. The minimum Gasteiger partial charge on any atom is -0.304 e. The van der Waals surface area contributed by atoms with Gasteiger partial charge < -0.3 is 4.90 Å². The van der Waals surface area contributed by atoms with E-state index in [2.05, 4.69) is 18.7 Å². The molecule has 0 fully saturated rings. The Bertz CT molecular complexity index is 154. The van der Waals surface area contributed by atoms with E-state index in [1.54, 1.807) is 0 Å². The second-order valence-electron chi connectivity index (χ2n) is 2.86. The van der Waals surface area contributed by atoms with Crippen LogP contribution in [0.1, 0.15) is 27.2 Å². The van der Waals surface area contributed by atoms with Crippen LogP contribution >= 0.6 is 18.6 Å². The summed E-state index contributed by atoms with van der Waals surface area (Å²) in [5, 5.41) is 0. The number of hydrogen-bond acceptors (Lipinski definition) is 4. The second kappa shape index (κ2) is 9.91. The van der Waals surface area contributed by atoms with E-state index in [1.165, 1.54) is 11.4 Å². The van der Waals surface area contributed by atoms with E-state index in [0.717, 1.165) is 31.8 Å². The first-order valence-corrected chi connectivity index (χ1v) is 7.96. The SMILES string of the molecule is CCO[P+](=O)SCCCN(CC)CC. The van der Waals surface area contributed by atoms with Gasteiger partial charge in [0.15, 0.2) is 11.4 Å². The zero-order chi connectivity index (χ0) is 10.8. The Morgan fingerprint density at radius 1 is 1.29 bits per heavy atom. The van der Waals surface area contributed by atoms with E-state index >= 15 is 0 Å². The van der Waals surface area contributed by atoms with E-state index in [-0.39, 0.29) is 0 Å². The summed E-state index contributed by atoms with van der Waals surface area (Å²) < 4.78 is 16.1. The first kappa shape index (κ1) is 14.4. The van der Waals surface area contributed by atoms with Crippen molar-refractivity contribution in [2.45, 2.75) is 27.2 Å². The van der Waals surface area contributed by atoms with E-state index < -0.39 is 7.23 Å². The van der Waals surface area contributed by atoms with Crippen LogP contribution in [0.4, 0.5) is 0 Å². The maximum Gasteiger partial charge on any atom is 0.585 e. The molecule has 14 heavy (non-hydrogen) atoms. The molecule has 0 aliphatic carbocycles. The second-order valence-corrected chi connectivity index (χ2v) is 5.90. The van der Waals surface area contributed by atoms with Gasteiger partial charge in [0, 0.05) is 5.75 Å². The van der Waals surface area contributed by atoms with Gasteiger partial charge in [0.1, 0.15) is 6.61 Å². The van der Waals surface area contributed by atoms with E-state index in [9.17, 15) is 4.57 Å². The average Bonchev–Trinajstić information content (AvgIpc) is 2.19. The Hall–Kier alpha value is 0.370. The van der Waals surface area contributed by atoms with Crippen LogP contribution in [0.15, 0.2) is 0 Å². The van der Waals surface area contributed by atoms with Gasteiger partial charge in [0.2, 0.25) is 0 Å². The van der Waals surface area contributed by atoms with Gasteiger partial charge in [-0.1, -0.05) is 13.8 Å². The molecule has 0 aromatic carbocycles. The van der Waals surface area contributed by atoms with Gasteiger partial charge in [-0.05, 0) is 37.5 Å². The van der Waals surface area contributed by atoms with Crippen LogP contribution in [0.5, 0.6) is 0 Å². The van der Waals surface area contributed by atoms with Gasteiger partial charge in [-0.25, -0.2) is 0 Å². The molecule has 0 radical (unpaired) electrons. The molecule has 0 bridgehead atoms. The van der Waals surface area contributed by atoms with Crippen molar-refractivity contribution in [3.63, 3.8) is 0 Å². The summed E-state index contributed by atoms with van der Waals surface area (Å²) in [4.78, 5) is 2.37. The Balaban J connectivity index is 3.32. The van der Waals surface area contributed by atoms with Crippen molar-refractivity contribution in [1.82, 2.24) is 4.90 Å². The molecular weight excluding hydrogens is 217 g/mol.